The van der Waals surface area contributed by atoms with Crippen molar-refractivity contribution in [2.24, 2.45) is 12.0 Å². The van der Waals surface area contributed by atoms with Crippen LogP contribution in [0.1, 0.15) is 24.8 Å². The van der Waals surface area contributed by atoms with Gasteiger partial charge in [0.1, 0.15) is 12.4 Å². The van der Waals surface area contributed by atoms with E-state index in [9.17, 15) is 0 Å². The van der Waals surface area contributed by atoms with Gasteiger partial charge in [-0.2, -0.15) is 5.10 Å². The second-order valence-corrected chi connectivity index (χ2v) is 7.33. The van der Waals surface area contributed by atoms with E-state index in [1.54, 1.807) is 0 Å². The van der Waals surface area contributed by atoms with Gasteiger partial charge < -0.3 is 15.0 Å². The molecule has 148 valence electrons. The Labute approximate surface area is 186 Å². The van der Waals surface area contributed by atoms with Crippen molar-refractivity contribution < 1.29 is 4.74 Å². The van der Waals surface area contributed by atoms with Crippen LogP contribution in [0.15, 0.2) is 46.1 Å². The minimum atomic E-state index is 0. The van der Waals surface area contributed by atoms with Gasteiger partial charge in [0.15, 0.2) is 5.96 Å². The fourth-order valence-electron chi connectivity index (χ4n) is 3.15. The van der Waals surface area contributed by atoms with Crippen LogP contribution >= 0.6 is 39.9 Å². The summed E-state index contributed by atoms with van der Waals surface area (Å²) in [5.74, 6) is 2.36. The summed E-state index contributed by atoms with van der Waals surface area (Å²) in [5, 5.41) is 7.70. The standard InChI is InChI=1S/C19H26BrN5O.HI/c1-3-21-19(22-9-11-26-18-6-4-17(20)5-7-18)25-10-8-15(14-25)16-12-23-24(2)13-16;/h4-7,12-13,15H,3,8-11,14H2,1-2H3,(H,21,22);1H. The summed E-state index contributed by atoms with van der Waals surface area (Å²) >= 11 is 3.43. The molecule has 0 saturated carbocycles. The zero-order valence-corrected chi connectivity index (χ0v) is 19.7. The number of aliphatic imine (C=N–C) groups is 1. The SMILES string of the molecule is CCNC(=NCCOc1ccc(Br)cc1)N1CCC(c2cnn(C)c2)C1.I. The maximum atomic E-state index is 5.76. The lowest BCUT2D eigenvalue weighted by Gasteiger charge is -2.21. The fraction of sp³-hybridized carbons (Fsp3) is 0.474. The first kappa shape index (κ1) is 22.0. The van der Waals surface area contributed by atoms with Crippen molar-refractivity contribution in [1.82, 2.24) is 20.0 Å². The van der Waals surface area contributed by atoms with Gasteiger partial charge in [0, 0.05) is 43.3 Å². The Kier molecular flexibility index (Phi) is 8.88. The zero-order chi connectivity index (χ0) is 18.4. The van der Waals surface area contributed by atoms with Crippen LogP contribution in [0.5, 0.6) is 5.75 Å². The molecule has 0 radical (unpaired) electrons. The summed E-state index contributed by atoms with van der Waals surface area (Å²) < 4.78 is 8.68. The molecule has 3 rings (SSSR count). The number of ether oxygens (including phenoxy) is 1. The van der Waals surface area contributed by atoms with Gasteiger partial charge in [-0.15, -0.1) is 24.0 Å². The number of aromatic nitrogens is 2. The summed E-state index contributed by atoms with van der Waals surface area (Å²) in [6.07, 6.45) is 5.22. The number of guanidine groups is 1. The molecule has 2 aromatic rings. The Morgan fingerprint density at radius 2 is 2.15 bits per heavy atom. The van der Waals surface area contributed by atoms with Gasteiger partial charge in [0.25, 0.3) is 0 Å². The van der Waals surface area contributed by atoms with Gasteiger partial charge >= 0.3 is 0 Å². The number of hydrogen-bond donors (Lipinski definition) is 1. The average Bonchev–Trinajstić information content (AvgIpc) is 3.28. The molecule has 27 heavy (non-hydrogen) atoms. The molecule has 1 aliphatic rings. The Morgan fingerprint density at radius 3 is 2.81 bits per heavy atom. The zero-order valence-electron chi connectivity index (χ0n) is 15.8. The molecule has 8 heteroatoms. The van der Waals surface area contributed by atoms with Crippen LogP contribution < -0.4 is 10.1 Å². The minimum absolute atomic E-state index is 0. The molecular formula is C19H27BrIN5O. The van der Waals surface area contributed by atoms with Crippen LogP contribution in [0.4, 0.5) is 0 Å². The van der Waals surface area contributed by atoms with E-state index in [1.165, 1.54) is 5.56 Å². The first-order valence-corrected chi connectivity index (χ1v) is 9.85. The smallest absolute Gasteiger partial charge is 0.194 e. The minimum Gasteiger partial charge on any atom is -0.492 e. The van der Waals surface area contributed by atoms with E-state index in [2.05, 4.69) is 44.4 Å². The summed E-state index contributed by atoms with van der Waals surface area (Å²) in [7, 11) is 1.97. The van der Waals surface area contributed by atoms with Gasteiger partial charge in [-0.3, -0.25) is 4.68 Å². The lowest BCUT2D eigenvalue weighted by molar-refractivity contribution is 0.327. The maximum Gasteiger partial charge on any atom is 0.194 e. The van der Waals surface area contributed by atoms with Crippen LogP contribution in [-0.4, -0.2) is 53.4 Å². The van der Waals surface area contributed by atoms with Gasteiger partial charge in [0.2, 0.25) is 0 Å². The molecule has 0 spiro atoms. The molecule has 1 aliphatic heterocycles. The molecule has 1 unspecified atom stereocenters. The first-order valence-electron chi connectivity index (χ1n) is 9.06. The van der Waals surface area contributed by atoms with Crippen LogP contribution in [0.2, 0.25) is 0 Å². The van der Waals surface area contributed by atoms with Gasteiger partial charge in [-0.05, 0) is 43.2 Å². The van der Waals surface area contributed by atoms with Crippen molar-refractivity contribution >= 4 is 45.9 Å². The molecule has 1 aromatic carbocycles. The maximum absolute atomic E-state index is 5.76. The van der Waals surface area contributed by atoms with Crippen molar-refractivity contribution in [3.05, 3.63) is 46.7 Å². The van der Waals surface area contributed by atoms with Crippen molar-refractivity contribution in [3.63, 3.8) is 0 Å². The molecular weight excluding hydrogens is 521 g/mol. The molecule has 0 aliphatic carbocycles. The number of hydrogen-bond acceptors (Lipinski definition) is 3. The molecule has 0 bridgehead atoms. The van der Waals surface area contributed by atoms with E-state index in [0.29, 0.717) is 19.1 Å². The highest BCUT2D eigenvalue weighted by molar-refractivity contribution is 14.0. The number of nitrogens with one attached hydrogen (secondary N) is 1. The number of rotatable bonds is 6. The molecule has 1 saturated heterocycles. The van der Waals surface area contributed by atoms with Crippen molar-refractivity contribution in [3.8, 4) is 5.75 Å². The highest BCUT2D eigenvalue weighted by Crippen LogP contribution is 2.26. The van der Waals surface area contributed by atoms with Crippen molar-refractivity contribution in [2.45, 2.75) is 19.3 Å². The first-order chi connectivity index (χ1) is 12.7. The van der Waals surface area contributed by atoms with E-state index in [-0.39, 0.29) is 24.0 Å². The molecule has 2 heterocycles. The summed E-state index contributed by atoms with van der Waals surface area (Å²) in [5.41, 5.74) is 1.31. The van der Waals surface area contributed by atoms with Crippen LogP contribution in [0, 0.1) is 0 Å². The highest BCUT2D eigenvalue weighted by Gasteiger charge is 2.26. The topological polar surface area (TPSA) is 54.7 Å². The molecule has 6 nitrogen and oxygen atoms in total. The summed E-state index contributed by atoms with van der Waals surface area (Å²) in [6.45, 7) is 6.15. The molecule has 1 N–H and O–H groups in total. The van der Waals surface area contributed by atoms with E-state index in [4.69, 9.17) is 9.73 Å². The van der Waals surface area contributed by atoms with Gasteiger partial charge in [-0.25, -0.2) is 4.99 Å². The van der Waals surface area contributed by atoms with E-state index < -0.39 is 0 Å². The summed E-state index contributed by atoms with van der Waals surface area (Å²) in [4.78, 5) is 7.07. The Hall–Kier alpha value is -1.29. The van der Waals surface area contributed by atoms with Crippen LogP contribution in [0.25, 0.3) is 0 Å². The van der Waals surface area contributed by atoms with Gasteiger partial charge in [0.05, 0.1) is 12.7 Å². The van der Waals surface area contributed by atoms with E-state index >= 15 is 0 Å². The third kappa shape index (κ3) is 6.38. The monoisotopic (exact) mass is 547 g/mol. The summed E-state index contributed by atoms with van der Waals surface area (Å²) in [6, 6.07) is 7.87. The van der Waals surface area contributed by atoms with E-state index in [1.807, 2.05) is 42.2 Å². The number of likely N-dealkylation sites (tertiary alicyclic amines) is 1. The highest BCUT2D eigenvalue weighted by atomic mass is 127. The number of halogens is 2. The van der Waals surface area contributed by atoms with Gasteiger partial charge in [-0.1, -0.05) is 15.9 Å². The fourth-order valence-corrected chi connectivity index (χ4v) is 3.41. The number of benzene rings is 1. The Morgan fingerprint density at radius 1 is 1.37 bits per heavy atom. The van der Waals surface area contributed by atoms with Crippen molar-refractivity contribution in [2.75, 3.05) is 32.8 Å². The molecule has 1 atom stereocenters. The molecule has 1 aromatic heterocycles. The number of aryl methyl sites for hydroxylation is 1. The lowest BCUT2D eigenvalue weighted by Crippen LogP contribution is -2.40. The second-order valence-electron chi connectivity index (χ2n) is 6.42. The van der Waals surface area contributed by atoms with Crippen LogP contribution in [0.3, 0.4) is 0 Å². The molecule has 1 fully saturated rings. The normalized spacial score (nSPS) is 16.9. The predicted molar refractivity (Wildman–Crippen MR) is 123 cm³/mol. The van der Waals surface area contributed by atoms with Crippen LogP contribution in [-0.2, 0) is 7.05 Å². The number of nitrogens with zero attached hydrogens (tertiary/aromatic N) is 4. The lowest BCUT2D eigenvalue weighted by atomic mass is 10.0. The molecule has 0 amide bonds. The average molecular weight is 548 g/mol. The predicted octanol–water partition coefficient (Wildman–Crippen LogP) is 3.63. The van der Waals surface area contributed by atoms with Crippen molar-refractivity contribution in [1.29, 1.82) is 0 Å². The quantitative estimate of drug-likeness (QED) is 0.260. The third-order valence-corrected chi connectivity index (χ3v) is 4.98. The Balaban J connectivity index is 0.00000261. The third-order valence-electron chi connectivity index (χ3n) is 4.45. The van der Waals surface area contributed by atoms with E-state index in [0.717, 1.165) is 42.2 Å². The Bertz CT molecular complexity index is 734. The second kappa shape index (κ2) is 10.9. The largest absolute Gasteiger partial charge is 0.492 e.